The van der Waals surface area contributed by atoms with Gasteiger partial charge in [0.05, 0.1) is 0 Å². The average Bonchev–Trinajstić information content (AvgIpc) is 2.15. The Bertz CT molecular complexity index is 368. The Hall–Kier alpha value is -1.04. The van der Waals surface area contributed by atoms with Crippen molar-refractivity contribution in [1.82, 2.24) is 9.97 Å². The Morgan fingerprint density at radius 1 is 1.44 bits per heavy atom. The molecule has 1 atom stereocenters. The van der Waals surface area contributed by atoms with Gasteiger partial charge >= 0.3 is 6.18 Å². The highest BCUT2D eigenvalue weighted by atomic mass is 35.5. The van der Waals surface area contributed by atoms with Gasteiger partial charge in [0.1, 0.15) is 5.82 Å². The minimum Gasteiger partial charge on any atom is -0.367 e. The first-order chi connectivity index (χ1) is 7.32. The van der Waals surface area contributed by atoms with E-state index in [0.717, 1.165) is 12.5 Å². The van der Waals surface area contributed by atoms with E-state index in [1.807, 2.05) is 13.8 Å². The molecule has 1 rings (SSSR count). The highest BCUT2D eigenvalue weighted by Crippen LogP contribution is 2.29. The molecule has 0 aliphatic carbocycles. The van der Waals surface area contributed by atoms with Crippen LogP contribution in [-0.2, 0) is 6.18 Å². The van der Waals surface area contributed by atoms with E-state index < -0.39 is 17.2 Å². The second-order valence-electron chi connectivity index (χ2n) is 3.36. The molecular weight excluding hydrogens is 243 g/mol. The minimum atomic E-state index is -4.52. The highest BCUT2D eigenvalue weighted by molar-refractivity contribution is 6.28. The average molecular weight is 254 g/mol. The van der Waals surface area contributed by atoms with Crippen LogP contribution in [0.15, 0.2) is 6.07 Å². The second kappa shape index (κ2) is 4.86. The van der Waals surface area contributed by atoms with Crippen LogP contribution < -0.4 is 5.32 Å². The van der Waals surface area contributed by atoms with Crippen molar-refractivity contribution in [1.29, 1.82) is 0 Å². The van der Waals surface area contributed by atoms with Gasteiger partial charge in [-0.15, -0.1) is 0 Å². The van der Waals surface area contributed by atoms with Crippen molar-refractivity contribution in [2.75, 3.05) is 5.32 Å². The van der Waals surface area contributed by atoms with Gasteiger partial charge in [0.15, 0.2) is 5.69 Å². The zero-order valence-corrected chi connectivity index (χ0v) is 9.52. The molecule has 1 aromatic heterocycles. The van der Waals surface area contributed by atoms with E-state index in [1.54, 1.807) is 0 Å². The topological polar surface area (TPSA) is 37.8 Å². The van der Waals surface area contributed by atoms with Crippen molar-refractivity contribution >= 4 is 17.4 Å². The predicted molar refractivity (Wildman–Crippen MR) is 55.4 cm³/mol. The molecule has 0 amide bonds. The van der Waals surface area contributed by atoms with Crippen LogP contribution in [0.5, 0.6) is 0 Å². The molecule has 90 valence electrons. The molecule has 7 heteroatoms. The van der Waals surface area contributed by atoms with Crippen LogP contribution in [-0.4, -0.2) is 16.0 Å². The van der Waals surface area contributed by atoms with Gasteiger partial charge in [-0.3, -0.25) is 0 Å². The maximum absolute atomic E-state index is 12.4. The number of alkyl halides is 3. The summed E-state index contributed by atoms with van der Waals surface area (Å²) < 4.78 is 37.2. The molecule has 1 unspecified atom stereocenters. The summed E-state index contributed by atoms with van der Waals surface area (Å²) in [6.07, 6.45) is -3.75. The van der Waals surface area contributed by atoms with Crippen LogP contribution in [0, 0.1) is 0 Å². The molecular formula is C9H11ClF3N3. The summed E-state index contributed by atoms with van der Waals surface area (Å²) in [7, 11) is 0. The van der Waals surface area contributed by atoms with Gasteiger partial charge in [-0.1, -0.05) is 6.92 Å². The van der Waals surface area contributed by atoms with Crippen molar-refractivity contribution in [2.24, 2.45) is 0 Å². The fraction of sp³-hybridized carbons (Fsp3) is 0.556. The maximum Gasteiger partial charge on any atom is 0.433 e. The monoisotopic (exact) mass is 253 g/mol. The molecule has 16 heavy (non-hydrogen) atoms. The number of nitrogens with one attached hydrogen (secondary N) is 1. The molecule has 1 aromatic rings. The van der Waals surface area contributed by atoms with E-state index in [1.165, 1.54) is 0 Å². The van der Waals surface area contributed by atoms with Crippen molar-refractivity contribution in [3.05, 3.63) is 17.0 Å². The number of rotatable bonds is 3. The number of aromatic nitrogens is 2. The molecule has 0 aromatic carbocycles. The van der Waals surface area contributed by atoms with Gasteiger partial charge in [0.25, 0.3) is 0 Å². The van der Waals surface area contributed by atoms with Gasteiger partial charge in [-0.2, -0.15) is 13.2 Å². The lowest BCUT2D eigenvalue weighted by Gasteiger charge is -2.13. The summed E-state index contributed by atoms with van der Waals surface area (Å²) in [5.41, 5.74) is -1.04. The first-order valence-corrected chi connectivity index (χ1v) is 5.09. The number of halogens is 4. The van der Waals surface area contributed by atoms with Gasteiger partial charge in [0, 0.05) is 12.1 Å². The molecule has 0 aliphatic rings. The van der Waals surface area contributed by atoms with E-state index in [-0.39, 0.29) is 11.9 Å². The normalized spacial score (nSPS) is 13.6. The Morgan fingerprint density at radius 3 is 2.56 bits per heavy atom. The maximum atomic E-state index is 12.4. The lowest BCUT2D eigenvalue weighted by molar-refractivity contribution is -0.141. The minimum absolute atomic E-state index is 0.0204. The van der Waals surface area contributed by atoms with E-state index in [2.05, 4.69) is 15.3 Å². The number of anilines is 1. The van der Waals surface area contributed by atoms with Gasteiger partial charge < -0.3 is 5.32 Å². The van der Waals surface area contributed by atoms with Crippen molar-refractivity contribution in [2.45, 2.75) is 32.5 Å². The number of hydrogen-bond donors (Lipinski definition) is 1. The Kier molecular flexibility index (Phi) is 3.96. The molecule has 1 N–H and O–H groups in total. The number of nitrogens with zero attached hydrogens (tertiary/aromatic N) is 2. The fourth-order valence-electron chi connectivity index (χ4n) is 0.992. The van der Waals surface area contributed by atoms with Crippen LogP contribution in [0.2, 0.25) is 5.28 Å². The third-order valence-corrected chi connectivity index (χ3v) is 2.16. The molecule has 0 bridgehead atoms. The summed E-state index contributed by atoms with van der Waals surface area (Å²) >= 11 is 5.42. The highest BCUT2D eigenvalue weighted by Gasteiger charge is 2.33. The lowest BCUT2D eigenvalue weighted by atomic mass is 10.2. The summed E-state index contributed by atoms with van der Waals surface area (Å²) in [6.45, 7) is 3.74. The Morgan fingerprint density at radius 2 is 2.06 bits per heavy atom. The molecule has 0 fully saturated rings. The largest absolute Gasteiger partial charge is 0.433 e. The Labute approximate surface area is 96.0 Å². The lowest BCUT2D eigenvalue weighted by Crippen LogP contribution is -2.16. The summed E-state index contributed by atoms with van der Waals surface area (Å²) in [4.78, 5) is 6.81. The van der Waals surface area contributed by atoms with Crippen molar-refractivity contribution in [3.8, 4) is 0 Å². The standard InChI is InChI=1S/C9H11ClF3N3/c1-3-5(2)14-7-4-6(9(11,12)13)15-8(10)16-7/h4-5H,3H2,1-2H3,(H,14,15,16). The first-order valence-electron chi connectivity index (χ1n) is 4.71. The SMILES string of the molecule is CCC(C)Nc1cc(C(F)(F)F)nc(Cl)n1. The summed E-state index contributed by atoms with van der Waals surface area (Å²) in [5.74, 6) is 0.0849. The second-order valence-corrected chi connectivity index (χ2v) is 3.70. The molecule has 0 spiro atoms. The van der Waals surface area contributed by atoms with Gasteiger partial charge in [-0.05, 0) is 24.9 Å². The van der Waals surface area contributed by atoms with Crippen LogP contribution in [0.25, 0.3) is 0 Å². The zero-order valence-electron chi connectivity index (χ0n) is 8.77. The molecule has 1 heterocycles. The van der Waals surface area contributed by atoms with E-state index >= 15 is 0 Å². The van der Waals surface area contributed by atoms with E-state index in [0.29, 0.717) is 0 Å². The molecule has 0 saturated heterocycles. The van der Waals surface area contributed by atoms with Gasteiger partial charge in [0.2, 0.25) is 5.28 Å². The van der Waals surface area contributed by atoms with Crippen LogP contribution in [0.1, 0.15) is 26.0 Å². The van der Waals surface area contributed by atoms with Crippen LogP contribution >= 0.6 is 11.6 Å². The first kappa shape index (κ1) is 13.0. The fourth-order valence-corrected chi connectivity index (χ4v) is 1.17. The molecule has 0 aliphatic heterocycles. The third-order valence-electron chi connectivity index (χ3n) is 2.00. The molecule has 3 nitrogen and oxygen atoms in total. The van der Waals surface area contributed by atoms with E-state index in [4.69, 9.17) is 11.6 Å². The number of hydrogen-bond acceptors (Lipinski definition) is 3. The summed E-state index contributed by atoms with van der Waals surface area (Å²) in [6, 6.07) is 0.866. The van der Waals surface area contributed by atoms with E-state index in [9.17, 15) is 13.2 Å². The van der Waals surface area contributed by atoms with Crippen LogP contribution in [0.3, 0.4) is 0 Å². The third kappa shape index (κ3) is 3.52. The predicted octanol–water partition coefficient (Wildman–Crippen LogP) is 3.36. The van der Waals surface area contributed by atoms with Crippen molar-refractivity contribution < 1.29 is 13.2 Å². The van der Waals surface area contributed by atoms with Crippen molar-refractivity contribution in [3.63, 3.8) is 0 Å². The van der Waals surface area contributed by atoms with Gasteiger partial charge in [-0.25, -0.2) is 9.97 Å². The van der Waals surface area contributed by atoms with Crippen LogP contribution in [0.4, 0.5) is 19.0 Å². The smallest absolute Gasteiger partial charge is 0.367 e. The summed E-state index contributed by atoms with van der Waals surface area (Å²) in [5, 5.41) is 2.39. The Balaban J connectivity index is 2.99. The molecule has 0 radical (unpaired) electrons. The zero-order chi connectivity index (χ0) is 12.3. The quantitative estimate of drug-likeness (QED) is 0.840. The molecule has 0 saturated carbocycles.